The third-order valence-electron chi connectivity index (χ3n) is 2.56. The number of amides is 2. The van der Waals surface area contributed by atoms with Gasteiger partial charge in [-0.3, -0.25) is 9.59 Å². The van der Waals surface area contributed by atoms with E-state index in [4.69, 9.17) is 69.6 Å². The van der Waals surface area contributed by atoms with Crippen molar-refractivity contribution in [3.8, 4) is 0 Å². The summed E-state index contributed by atoms with van der Waals surface area (Å²) >= 11 is 33.2. The van der Waals surface area contributed by atoms with Crippen LogP contribution in [0.1, 0.15) is 6.42 Å². The van der Waals surface area contributed by atoms with E-state index >= 15 is 0 Å². The number of rotatable bonds is 0. The lowest BCUT2D eigenvalue weighted by Gasteiger charge is -2.26. The topological polar surface area (TPSA) is 40.6 Å². The number of alkyl halides is 6. The number of hydrogen-bond acceptors (Lipinski definition) is 2. The van der Waals surface area contributed by atoms with Crippen molar-refractivity contribution in [2.24, 2.45) is 0 Å². The predicted octanol–water partition coefficient (Wildman–Crippen LogP) is 2.79. The van der Waals surface area contributed by atoms with Gasteiger partial charge in [0.15, 0.2) is 0 Å². The molecule has 0 aliphatic carbocycles. The van der Waals surface area contributed by atoms with Gasteiger partial charge in [-0.05, 0) is 6.42 Å². The molecule has 0 unspecified atom stereocenters. The van der Waals surface area contributed by atoms with E-state index in [1.807, 2.05) is 0 Å². The van der Waals surface area contributed by atoms with Gasteiger partial charge in [0.05, 0.1) is 0 Å². The smallest absolute Gasteiger partial charge is 0.274 e. The van der Waals surface area contributed by atoms with Crippen molar-refractivity contribution in [1.29, 1.82) is 0 Å². The summed E-state index contributed by atoms with van der Waals surface area (Å²) < 4.78 is -4.01. The molecule has 110 valence electrons. The minimum Gasteiger partial charge on any atom is -0.337 e. The normalized spacial score (nSPS) is 18.2. The van der Waals surface area contributed by atoms with Crippen molar-refractivity contribution in [1.82, 2.24) is 9.80 Å². The van der Waals surface area contributed by atoms with Crippen molar-refractivity contribution < 1.29 is 9.59 Å². The van der Waals surface area contributed by atoms with E-state index in [1.165, 1.54) is 9.80 Å². The summed E-state index contributed by atoms with van der Waals surface area (Å²) in [5, 5.41) is 0. The lowest BCUT2D eigenvalue weighted by molar-refractivity contribution is -0.132. The summed E-state index contributed by atoms with van der Waals surface area (Å²) in [4.78, 5) is 26.3. The lowest BCUT2D eigenvalue weighted by atomic mass is 10.4. The molecule has 0 aromatic heterocycles. The second-order valence-corrected chi connectivity index (χ2v) is 8.50. The Kier molecular flexibility index (Phi) is 6.19. The van der Waals surface area contributed by atoms with Gasteiger partial charge in [-0.1, -0.05) is 69.6 Å². The van der Waals surface area contributed by atoms with Crippen LogP contribution in [0.4, 0.5) is 0 Å². The molecule has 0 atom stereocenters. The fourth-order valence-corrected chi connectivity index (χ4v) is 2.40. The van der Waals surface area contributed by atoms with Gasteiger partial charge in [0.2, 0.25) is 0 Å². The van der Waals surface area contributed by atoms with E-state index in [9.17, 15) is 9.59 Å². The average molecular weight is 391 g/mol. The zero-order chi connectivity index (χ0) is 14.8. The highest BCUT2D eigenvalue weighted by Crippen LogP contribution is 2.30. The molecule has 0 aromatic carbocycles. The highest BCUT2D eigenvalue weighted by molar-refractivity contribution is 6.76. The fourth-order valence-electron chi connectivity index (χ4n) is 1.68. The second kappa shape index (κ2) is 6.63. The molecular weight excluding hydrogens is 381 g/mol. The van der Waals surface area contributed by atoms with Crippen LogP contribution in [0.25, 0.3) is 0 Å². The van der Waals surface area contributed by atoms with Crippen molar-refractivity contribution >= 4 is 81.4 Å². The lowest BCUT2D eigenvalue weighted by Crippen LogP contribution is -2.44. The Morgan fingerprint density at radius 3 is 1.26 bits per heavy atom. The van der Waals surface area contributed by atoms with Crippen LogP contribution in [0.3, 0.4) is 0 Å². The Balaban J connectivity index is 2.67. The quantitative estimate of drug-likeness (QED) is 0.597. The Hall–Kier alpha value is 0.680. The molecule has 4 nitrogen and oxygen atoms in total. The summed E-state index contributed by atoms with van der Waals surface area (Å²) in [6.45, 7) is 1.19. The van der Waals surface area contributed by atoms with Crippen LogP contribution in [-0.2, 0) is 9.59 Å². The third-order valence-corrected chi connectivity index (χ3v) is 3.53. The first kappa shape index (κ1) is 17.7. The first-order valence-corrected chi connectivity index (χ1v) is 7.52. The van der Waals surface area contributed by atoms with Crippen LogP contribution in [-0.4, -0.2) is 55.4 Å². The van der Waals surface area contributed by atoms with E-state index in [-0.39, 0.29) is 13.1 Å². The van der Waals surface area contributed by atoms with Gasteiger partial charge in [-0.2, -0.15) is 0 Å². The zero-order valence-electron chi connectivity index (χ0n) is 9.51. The molecule has 0 saturated carbocycles. The molecule has 1 aliphatic rings. The minimum absolute atomic E-state index is 0.221. The van der Waals surface area contributed by atoms with Crippen molar-refractivity contribution in [3.05, 3.63) is 0 Å². The SMILES string of the molecule is O=C(N1CCCN(C(=O)C(Cl)(Cl)Cl)CC1)C(Cl)(Cl)Cl. The maximum absolute atomic E-state index is 11.8. The summed E-state index contributed by atoms with van der Waals surface area (Å²) in [7, 11) is 0. The van der Waals surface area contributed by atoms with Gasteiger partial charge >= 0.3 is 0 Å². The maximum Gasteiger partial charge on any atom is 0.274 e. The Morgan fingerprint density at radius 1 is 0.684 bits per heavy atom. The van der Waals surface area contributed by atoms with E-state index in [0.717, 1.165) is 0 Å². The number of hydrogen-bond donors (Lipinski definition) is 0. The number of carbonyl (C=O) groups is 2. The molecule has 1 aliphatic heterocycles. The molecule has 0 bridgehead atoms. The van der Waals surface area contributed by atoms with Crippen LogP contribution < -0.4 is 0 Å². The molecule has 1 saturated heterocycles. The highest BCUT2D eigenvalue weighted by atomic mass is 35.6. The van der Waals surface area contributed by atoms with E-state index in [0.29, 0.717) is 19.5 Å². The largest absolute Gasteiger partial charge is 0.337 e. The zero-order valence-corrected chi connectivity index (χ0v) is 14.0. The summed E-state index contributed by atoms with van der Waals surface area (Å²) in [5.41, 5.74) is 0. The first-order chi connectivity index (χ1) is 8.53. The monoisotopic (exact) mass is 388 g/mol. The maximum atomic E-state index is 11.8. The van der Waals surface area contributed by atoms with Crippen LogP contribution in [0.15, 0.2) is 0 Å². The summed E-state index contributed by atoms with van der Waals surface area (Å²) in [6, 6.07) is 0. The molecule has 1 fully saturated rings. The first-order valence-electron chi connectivity index (χ1n) is 5.25. The van der Waals surface area contributed by atoms with Crippen molar-refractivity contribution in [3.63, 3.8) is 0 Å². The van der Waals surface area contributed by atoms with Crippen LogP contribution >= 0.6 is 69.6 Å². The molecule has 0 radical (unpaired) electrons. The Morgan fingerprint density at radius 2 is 1.00 bits per heavy atom. The van der Waals surface area contributed by atoms with Crippen LogP contribution in [0.2, 0.25) is 0 Å². The van der Waals surface area contributed by atoms with Gasteiger partial charge in [0, 0.05) is 26.2 Å². The number of halogens is 6. The molecule has 0 aromatic rings. The van der Waals surface area contributed by atoms with Crippen LogP contribution in [0.5, 0.6) is 0 Å². The molecule has 0 spiro atoms. The number of nitrogens with zero attached hydrogens (tertiary/aromatic N) is 2. The summed E-state index contributed by atoms with van der Waals surface area (Å²) in [6.07, 6.45) is 0.513. The Labute approximate surface area is 140 Å². The van der Waals surface area contributed by atoms with Gasteiger partial charge < -0.3 is 9.80 Å². The highest BCUT2D eigenvalue weighted by Gasteiger charge is 2.39. The van der Waals surface area contributed by atoms with Crippen LogP contribution in [0, 0.1) is 0 Å². The molecule has 0 N–H and O–H groups in total. The van der Waals surface area contributed by atoms with Crippen molar-refractivity contribution in [2.45, 2.75) is 14.0 Å². The van der Waals surface area contributed by atoms with Crippen molar-refractivity contribution in [2.75, 3.05) is 26.2 Å². The minimum atomic E-state index is -2.01. The fraction of sp³-hybridized carbons (Fsp3) is 0.778. The molecule has 1 rings (SSSR count). The van der Waals surface area contributed by atoms with E-state index in [2.05, 4.69) is 0 Å². The van der Waals surface area contributed by atoms with Gasteiger partial charge in [0.25, 0.3) is 19.4 Å². The predicted molar refractivity (Wildman–Crippen MR) is 78.4 cm³/mol. The number of carbonyl (C=O) groups excluding carboxylic acids is 2. The molecule has 19 heavy (non-hydrogen) atoms. The van der Waals surface area contributed by atoms with E-state index in [1.54, 1.807) is 0 Å². The standard InChI is InChI=1S/C9H10Cl6N2O2/c10-8(11,12)6(18)16-2-1-3-17(5-4-16)7(19)9(13,14)15/h1-5H2. The third kappa shape index (κ3) is 5.18. The van der Waals surface area contributed by atoms with Gasteiger partial charge in [0.1, 0.15) is 0 Å². The second-order valence-electron chi connectivity index (χ2n) is 3.93. The molecular formula is C9H10Cl6N2O2. The molecule has 2 amide bonds. The summed E-state index contributed by atoms with van der Waals surface area (Å²) in [5.74, 6) is -1.25. The van der Waals surface area contributed by atoms with Gasteiger partial charge in [-0.25, -0.2) is 0 Å². The Bertz CT molecular complexity index is 331. The average Bonchev–Trinajstić information content (AvgIpc) is 2.49. The molecule has 1 heterocycles. The molecule has 10 heteroatoms. The van der Waals surface area contributed by atoms with Gasteiger partial charge in [-0.15, -0.1) is 0 Å². The van der Waals surface area contributed by atoms with E-state index < -0.39 is 19.4 Å².